The molecule has 2 fully saturated rings. The Balaban J connectivity index is 1.67. The first-order valence-electron chi connectivity index (χ1n) is 9.32. The van der Waals surface area contributed by atoms with Crippen molar-refractivity contribution in [1.29, 1.82) is 0 Å². The fourth-order valence-corrected chi connectivity index (χ4v) is 3.77. The van der Waals surface area contributed by atoms with E-state index in [4.69, 9.17) is 4.74 Å². The summed E-state index contributed by atoms with van der Waals surface area (Å²) in [7, 11) is 0. The number of aliphatic hydroxyl groups is 1. The van der Waals surface area contributed by atoms with E-state index in [0.29, 0.717) is 19.1 Å². The Hall–Kier alpha value is -1.43. The van der Waals surface area contributed by atoms with Crippen molar-refractivity contribution in [1.82, 2.24) is 10.2 Å². The van der Waals surface area contributed by atoms with E-state index in [1.54, 1.807) is 0 Å². The lowest BCUT2D eigenvalue weighted by Crippen LogP contribution is -2.61. The first-order valence-corrected chi connectivity index (χ1v) is 9.32. The predicted octanol–water partition coefficient (Wildman–Crippen LogP) is 1.60. The number of carbonyl (C=O) groups excluding carboxylic acids is 1. The molecule has 1 aliphatic heterocycles. The van der Waals surface area contributed by atoms with Crippen molar-refractivity contribution in [3.05, 3.63) is 35.9 Å². The molecule has 0 spiro atoms. The van der Waals surface area contributed by atoms with Gasteiger partial charge in [-0.3, -0.25) is 9.69 Å². The smallest absolute Gasteiger partial charge is 0.240 e. The first-order chi connectivity index (χ1) is 12.0. The lowest BCUT2D eigenvalue weighted by atomic mass is 9.75. The summed E-state index contributed by atoms with van der Waals surface area (Å²) in [6.07, 6.45) is 2.14. The molecular weight excluding hydrogens is 316 g/mol. The van der Waals surface area contributed by atoms with Crippen LogP contribution < -0.4 is 5.32 Å². The standard InChI is InChI=1S/C20H30N2O3/c1-20(2,22-8-10-25-11-9-22)19(24)21-18(16-13-17(23)14-16)12-15-6-4-3-5-7-15/h3-7,16-18,23H,8-14H2,1-2H3,(H,21,24). The molecule has 5 heteroatoms. The summed E-state index contributed by atoms with van der Waals surface area (Å²) in [5, 5.41) is 13.0. The molecule has 1 heterocycles. The molecule has 1 saturated heterocycles. The van der Waals surface area contributed by atoms with Crippen molar-refractivity contribution in [3.8, 4) is 0 Å². The monoisotopic (exact) mass is 346 g/mol. The van der Waals surface area contributed by atoms with E-state index in [2.05, 4.69) is 22.3 Å². The fourth-order valence-electron chi connectivity index (χ4n) is 3.77. The van der Waals surface area contributed by atoms with E-state index >= 15 is 0 Å². The van der Waals surface area contributed by atoms with Gasteiger partial charge in [0.25, 0.3) is 0 Å². The molecule has 1 unspecified atom stereocenters. The Bertz CT molecular complexity index is 564. The van der Waals surface area contributed by atoms with E-state index < -0.39 is 5.54 Å². The molecule has 138 valence electrons. The topological polar surface area (TPSA) is 61.8 Å². The third-order valence-corrected chi connectivity index (χ3v) is 5.69. The summed E-state index contributed by atoms with van der Waals surface area (Å²) in [6.45, 7) is 6.90. The molecular formula is C20H30N2O3. The van der Waals surface area contributed by atoms with Crippen LogP contribution in [0.15, 0.2) is 30.3 Å². The van der Waals surface area contributed by atoms with Gasteiger partial charge in [0, 0.05) is 19.1 Å². The van der Waals surface area contributed by atoms with Gasteiger partial charge in [0.2, 0.25) is 5.91 Å². The number of carbonyl (C=O) groups is 1. The minimum absolute atomic E-state index is 0.0664. The fraction of sp³-hybridized carbons (Fsp3) is 0.650. The van der Waals surface area contributed by atoms with Crippen molar-refractivity contribution in [2.24, 2.45) is 5.92 Å². The zero-order valence-corrected chi connectivity index (χ0v) is 15.3. The Kier molecular flexibility index (Phi) is 5.77. The lowest BCUT2D eigenvalue weighted by Gasteiger charge is -2.43. The number of benzene rings is 1. The summed E-state index contributed by atoms with van der Waals surface area (Å²) in [4.78, 5) is 15.2. The van der Waals surface area contributed by atoms with Gasteiger partial charge < -0.3 is 15.2 Å². The van der Waals surface area contributed by atoms with Gasteiger partial charge >= 0.3 is 0 Å². The number of nitrogens with one attached hydrogen (secondary N) is 1. The van der Waals surface area contributed by atoms with E-state index in [-0.39, 0.29) is 18.1 Å². The first kappa shape index (κ1) is 18.4. The molecule has 5 nitrogen and oxygen atoms in total. The highest BCUT2D eigenvalue weighted by molar-refractivity contribution is 5.85. The summed E-state index contributed by atoms with van der Waals surface area (Å²) < 4.78 is 5.41. The molecule has 2 N–H and O–H groups in total. The normalized spacial score (nSPS) is 25.9. The summed E-state index contributed by atoms with van der Waals surface area (Å²) >= 11 is 0. The van der Waals surface area contributed by atoms with Crippen LogP contribution in [0.3, 0.4) is 0 Å². The van der Waals surface area contributed by atoms with Crippen LogP contribution in [0, 0.1) is 5.92 Å². The average Bonchev–Trinajstić information content (AvgIpc) is 2.60. The minimum atomic E-state index is -0.554. The lowest BCUT2D eigenvalue weighted by molar-refractivity contribution is -0.136. The third kappa shape index (κ3) is 4.40. The second-order valence-electron chi connectivity index (χ2n) is 7.81. The molecule has 1 atom stereocenters. The summed E-state index contributed by atoms with van der Waals surface area (Å²) in [5.41, 5.74) is 0.666. The molecule has 1 amide bonds. The van der Waals surface area contributed by atoms with Gasteiger partial charge in [-0.1, -0.05) is 30.3 Å². The van der Waals surface area contributed by atoms with E-state index in [0.717, 1.165) is 32.4 Å². The molecule has 1 aromatic carbocycles. The number of ether oxygens (including phenoxy) is 1. The highest BCUT2D eigenvalue weighted by Crippen LogP contribution is 2.32. The van der Waals surface area contributed by atoms with E-state index in [9.17, 15) is 9.90 Å². The Morgan fingerprint density at radius 1 is 1.28 bits per heavy atom. The zero-order valence-electron chi connectivity index (χ0n) is 15.3. The molecule has 0 radical (unpaired) electrons. The SMILES string of the molecule is CC(C)(C(=O)NC(Cc1ccccc1)C1CC(O)C1)N1CCOCC1. The largest absolute Gasteiger partial charge is 0.393 e. The number of rotatable bonds is 6. The highest BCUT2D eigenvalue weighted by Gasteiger charge is 2.40. The predicted molar refractivity (Wildman–Crippen MR) is 97.3 cm³/mol. The van der Waals surface area contributed by atoms with Gasteiger partial charge in [-0.25, -0.2) is 0 Å². The van der Waals surface area contributed by atoms with Gasteiger partial charge in [-0.2, -0.15) is 0 Å². The molecule has 3 rings (SSSR count). The maximum Gasteiger partial charge on any atom is 0.240 e. The number of amides is 1. The van der Waals surface area contributed by atoms with Crippen molar-refractivity contribution in [2.45, 2.75) is 50.8 Å². The van der Waals surface area contributed by atoms with Gasteiger partial charge in [0.1, 0.15) is 0 Å². The second kappa shape index (κ2) is 7.85. The van der Waals surface area contributed by atoms with Crippen molar-refractivity contribution in [2.75, 3.05) is 26.3 Å². The zero-order chi connectivity index (χ0) is 17.9. The summed E-state index contributed by atoms with van der Waals surface area (Å²) in [6, 6.07) is 10.3. The number of aliphatic hydroxyl groups excluding tert-OH is 1. The van der Waals surface area contributed by atoms with Crippen LogP contribution >= 0.6 is 0 Å². The number of hydrogen-bond acceptors (Lipinski definition) is 4. The Morgan fingerprint density at radius 2 is 1.92 bits per heavy atom. The molecule has 1 saturated carbocycles. The number of nitrogens with zero attached hydrogens (tertiary/aromatic N) is 1. The van der Waals surface area contributed by atoms with Gasteiger partial charge in [0.15, 0.2) is 0 Å². The van der Waals surface area contributed by atoms with Gasteiger partial charge in [-0.15, -0.1) is 0 Å². The van der Waals surface area contributed by atoms with E-state index in [1.807, 2.05) is 32.0 Å². The average molecular weight is 346 g/mol. The number of hydrogen-bond donors (Lipinski definition) is 2. The molecule has 2 aliphatic rings. The van der Waals surface area contributed by atoms with Crippen molar-refractivity contribution >= 4 is 5.91 Å². The minimum Gasteiger partial charge on any atom is -0.393 e. The third-order valence-electron chi connectivity index (χ3n) is 5.69. The Morgan fingerprint density at radius 3 is 2.52 bits per heavy atom. The van der Waals surface area contributed by atoms with Crippen LogP contribution in [0.25, 0.3) is 0 Å². The van der Waals surface area contributed by atoms with Crippen LogP contribution in [0.2, 0.25) is 0 Å². The number of morpholine rings is 1. The molecule has 1 aliphatic carbocycles. The molecule has 0 bridgehead atoms. The van der Waals surface area contributed by atoms with Crippen LogP contribution in [0.5, 0.6) is 0 Å². The quantitative estimate of drug-likeness (QED) is 0.821. The van der Waals surface area contributed by atoms with Crippen LogP contribution in [0.4, 0.5) is 0 Å². The van der Waals surface area contributed by atoms with Crippen LogP contribution in [-0.2, 0) is 16.0 Å². The maximum atomic E-state index is 13.0. The van der Waals surface area contributed by atoms with Gasteiger partial charge in [0.05, 0.1) is 24.9 Å². The Labute approximate surface area is 150 Å². The van der Waals surface area contributed by atoms with Gasteiger partial charge in [-0.05, 0) is 44.6 Å². The molecule has 1 aromatic rings. The highest BCUT2D eigenvalue weighted by atomic mass is 16.5. The maximum absolute atomic E-state index is 13.0. The van der Waals surface area contributed by atoms with Crippen LogP contribution in [0.1, 0.15) is 32.3 Å². The summed E-state index contributed by atoms with van der Waals surface area (Å²) in [5.74, 6) is 0.413. The van der Waals surface area contributed by atoms with Crippen molar-refractivity contribution in [3.63, 3.8) is 0 Å². The van der Waals surface area contributed by atoms with Crippen molar-refractivity contribution < 1.29 is 14.6 Å². The molecule has 25 heavy (non-hydrogen) atoms. The molecule has 0 aromatic heterocycles. The second-order valence-corrected chi connectivity index (χ2v) is 7.81. The van der Waals surface area contributed by atoms with Crippen LogP contribution in [-0.4, -0.2) is 59.9 Å². The van der Waals surface area contributed by atoms with E-state index in [1.165, 1.54) is 5.56 Å².